The first-order valence-electron chi connectivity index (χ1n) is 4.07. The monoisotopic (exact) mass is 166 g/mol. The van der Waals surface area contributed by atoms with Crippen LogP contribution in [0.25, 0.3) is 0 Å². The number of benzene rings is 1. The quantitative estimate of drug-likeness (QED) is 0.612. The number of fused-ring (bicyclic) bond motifs is 1. The molecule has 1 aromatic carbocycles. The molecule has 12 heavy (non-hydrogen) atoms. The third kappa shape index (κ3) is 1.16. The van der Waals surface area contributed by atoms with Gasteiger partial charge >= 0.3 is 0 Å². The first-order valence-corrected chi connectivity index (χ1v) is 4.07. The van der Waals surface area contributed by atoms with Crippen molar-refractivity contribution >= 4 is 5.69 Å². The van der Waals surface area contributed by atoms with E-state index in [-0.39, 0.29) is 12.0 Å². The van der Waals surface area contributed by atoms with Crippen LogP contribution < -0.4 is 11.1 Å². The largest absolute Gasteiger partial charge is 0.367 e. The molecule has 1 heterocycles. The maximum absolute atomic E-state index is 13.1. The number of nitrogens with one attached hydrogen (secondary N) is 1. The van der Waals surface area contributed by atoms with Gasteiger partial charge in [0.15, 0.2) is 0 Å². The number of rotatable bonds is 0. The Morgan fingerprint density at radius 1 is 1.50 bits per heavy atom. The molecular formula is C9H11FN2. The Morgan fingerprint density at radius 3 is 3.17 bits per heavy atom. The summed E-state index contributed by atoms with van der Waals surface area (Å²) in [7, 11) is 0. The second-order valence-corrected chi connectivity index (χ2v) is 3.06. The number of nitrogens with two attached hydrogens (primary N) is 1. The van der Waals surface area contributed by atoms with E-state index in [1.54, 1.807) is 6.07 Å². The average molecular weight is 166 g/mol. The van der Waals surface area contributed by atoms with Gasteiger partial charge < -0.3 is 11.1 Å². The van der Waals surface area contributed by atoms with Crippen LogP contribution in [0.15, 0.2) is 18.2 Å². The highest BCUT2D eigenvalue weighted by molar-refractivity contribution is 5.54. The summed E-state index contributed by atoms with van der Waals surface area (Å²) in [5, 5.41) is 2.93. The van der Waals surface area contributed by atoms with Crippen LogP contribution in [0.4, 0.5) is 10.1 Å². The number of hydrogen-bond donors (Lipinski definition) is 2. The SMILES string of the molecule is NC1CCc2cccc(F)c2N1. The molecule has 0 saturated carbocycles. The van der Waals surface area contributed by atoms with Crippen LogP contribution in [0.2, 0.25) is 0 Å². The lowest BCUT2D eigenvalue weighted by atomic mass is 10.0. The van der Waals surface area contributed by atoms with Crippen molar-refractivity contribution in [2.45, 2.75) is 19.0 Å². The molecule has 1 aliphatic heterocycles. The van der Waals surface area contributed by atoms with E-state index in [1.807, 2.05) is 6.07 Å². The molecule has 1 aliphatic rings. The van der Waals surface area contributed by atoms with E-state index in [2.05, 4.69) is 5.32 Å². The topological polar surface area (TPSA) is 38.0 Å². The molecule has 1 unspecified atom stereocenters. The van der Waals surface area contributed by atoms with Gasteiger partial charge in [0.25, 0.3) is 0 Å². The predicted octanol–water partition coefficient (Wildman–Crippen LogP) is 1.47. The van der Waals surface area contributed by atoms with Crippen LogP contribution in [0.3, 0.4) is 0 Å². The molecule has 0 bridgehead atoms. The van der Waals surface area contributed by atoms with Crippen LogP contribution in [0.5, 0.6) is 0 Å². The molecule has 0 aromatic heterocycles. The summed E-state index contributed by atoms with van der Waals surface area (Å²) in [6, 6.07) is 5.11. The fraction of sp³-hybridized carbons (Fsp3) is 0.333. The summed E-state index contributed by atoms with van der Waals surface area (Å²) >= 11 is 0. The highest BCUT2D eigenvalue weighted by atomic mass is 19.1. The zero-order valence-corrected chi connectivity index (χ0v) is 6.68. The average Bonchev–Trinajstić information content (AvgIpc) is 2.07. The molecule has 0 spiro atoms. The van der Waals surface area contributed by atoms with Crippen LogP contribution in [-0.2, 0) is 6.42 Å². The number of para-hydroxylation sites is 1. The maximum Gasteiger partial charge on any atom is 0.146 e. The Morgan fingerprint density at radius 2 is 2.33 bits per heavy atom. The molecule has 0 amide bonds. The van der Waals surface area contributed by atoms with E-state index in [0.717, 1.165) is 18.4 Å². The van der Waals surface area contributed by atoms with Gasteiger partial charge in [0, 0.05) is 0 Å². The second kappa shape index (κ2) is 2.75. The Bertz CT molecular complexity index is 299. The standard InChI is InChI=1S/C9H11FN2/c10-7-3-1-2-6-4-5-8(11)12-9(6)7/h1-3,8,12H,4-5,11H2. The molecule has 2 rings (SSSR count). The van der Waals surface area contributed by atoms with Crippen molar-refractivity contribution in [1.29, 1.82) is 0 Å². The van der Waals surface area contributed by atoms with Crippen LogP contribution >= 0.6 is 0 Å². The van der Waals surface area contributed by atoms with E-state index in [1.165, 1.54) is 6.07 Å². The maximum atomic E-state index is 13.1. The van der Waals surface area contributed by atoms with Gasteiger partial charge in [0.05, 0.1) is 11.9 Å². The van der Waals surface area contributed by atoms with Gasteiger partial charge in [-0.15, -0.1) is 0 Å². The van der Waals surface area contributed by atoms with Crippen molar-refractivity contribution < 1.29 is 4.39 Å². The Labute approximate surface area is 70.6 Å². The van der Waals surface area contributed by atoms with Crippen LogP contribution in [0, 0.1) is 5.82 Å². The van der Waals surface area contributed by atoms with E-state index in [0.29, 0.717) is 5.69 Å². The van der Waals surface area contributed by atoms with Crippen molar-refractivity contribution in [3.8, 4) is 0 Å². The molecule has 0 fully saturated rings. The molecule has 1 atom stereocenters. The number of aryl methyl sites for hydroxylation is 1. The number of hydrogen-bond acceptors (Lipinski definition) is 2. The molecule has 2 nitrogen and oxygen atoms in total. The minimum atomic E-state index is -0.206. The molecule has 3 heteroatoms. The van der Waals surface area contributed by atoms with Crippen molar-refractivity contribution in [2.75, 3.05) is 5.32 Å². The van der Waals surface area contributed by atoms with E-state index in [4.69, 9.17) is 5.73 Å². The van der Waals surface area contributed by atoms with E-state index in [9.17, 15) is 4.39 Å². The lowest BCUT2D eigenvalue weighted by Crippen LogP contribution is -2.34. The highest BCUT2D eigenvalue weighted by Crippen LogP contribution is 2.25. The molecule has 0 radical (unpaired) electrons. The van der Waals surface area contributed by atoms with Crippen molar-refractivity contribution in [2.24, 2.45) is 5.73 Å². The van der Waals surface area contributed by atoms with Crippen molar-refractivity contribution in [3.05, 3.63) is 29.6 Å². The predicted molar refractivity (Wildman–Crippen MR) is 46.3 cm³/mol. The molecule has 0 saturated heterocycles. The van der Waals surface area contributed by atoms with Crippen molar-refractivity contribution in [3.63, 3.8) is 0 Å². The van der Waals surface area contributed by atoms with Gasteiger partial charge in [-0.25, -0.2) is 4.39 Å². The van der Waals surface area contributed by atoms with E-state index >= 15 is 0 Å². The summed E-state index contributed by atoms with van der Waals surface area (Å²) < 4.78 is 13.1. The summed E-state index contributed by atoms with van der Waals surface area (Å²) in [5.74, 6) is -0.206. The van der Waals surface area contributed by atoms with Crippen molar-refractivity contribution in [1.82, 2.24) is 0 Å². The fourth-order valence-corrected chi connectivity index (χ4v) is 1.51. The summed E-state index contributed by atoms with van der Waals surface area (Å²) in [6.45, 7) is 0. The fourth-order valence-electron chi connectivity index (χ4n) is 1.51. The van der Waals surface area contributed by atoms with Gasteiger partial charge in [0.2, 0.25) is 0 Å². The zero-order chi connectivity index (χ0) is 8.55. The normalized spacial score (nSPS) is 21.3. The summed E-state index contributed by atoms with van der Waals surface area (Å²) in [5.41, 5.74) is 7.25. The van der Waals surface area contributed by atoms with Gasteiger partial charge in [-0.05, 0) is 24.5 Å². The third-order valence-electron chi connectivity index (χ3n) is 2.15. The van der Waals surface area contributed by atoms with Crippen LogP contribution in [0.1, 0.15) is 12.0 Å². The lowest BCUT2D eigenvalue weighted by Gasteiger charge is -2.23. The summed E-state index contributed by atoms with van der Waals surface area (Å²) in [6.07, 6.45) is 1.63. The Balaban J connectivity index is 2.43. The first-order chi connectivity index (χ1) is 5.77. The van der Waals surface area contributed by atoms with Gasteiger partial charge in [-0.3, -0.25) is 0 Å². The van der Waals surface area contributed by atoms with Gasteiger partial charge in [-0.1, -0.05) is 12.1 Å². The lowest BCUT2D eigenvalue weighted by molar-refractivity contribution is 0.598. The molecule has 64 valence electrons. The molecule has 0 aliphatic carbocycles. The first kappa shape index (κ1) is 7.55. The highest BCUT2D eigenvalue weighted by Gasteiger charge is 2.16. The van der Waals surface area contributed by atoms with Gasteiger partial charge in [0.1, 0.15) is 5.82 Å². The van der Waals surface area contributed by atoms with E-state index < -0.39 is 0 Å². The summed E-state index contributed by atoms with van der Waals surface area (Å²) in [4.78, 5) is 0. The van der Waals surface area contributed by atoms with Gasteiger partial charge in [-0.2, -0.15) is 0 Å². The minimum Gasteiger partial charge on any atom is -0.367 e. The Hall–Kier alpha value is -1.09. The smallest absolute Gasteiger partial charge is 0.146 e. The number of anilines is 1. The third-order valence-corrected chi connectivity index (χ3v) is 2.15. The van der Waals surface area contributed by atoms with Crippen LogP contribution in [-0.4, -0.2) is 6.17 Å². The number of halogens is 1. The molecule has 1 aromatic rings. The second-order valence-electron chi connectivity index (χ2n) is 3.06. The molecule has 3 N–H and O–H groups in total. The Kier molecular flexibility index (Phi) is 1.73. The zero-order valence-electron chi connectivity index (χ0n) is 6.68. The minimum absolute atomic E-state index is 0.102. The molecular weight excluding hydrogens is 155 g/mol.